The first-order valence-electron chi connectivity index (χ1n) is 5.57. The summed E-state index contributed by atoms with van der Waals surface area (Å²) in [6, 6.07) is 3.21. The van der Waals surface area contributed by atoms with Gasteiger partial charge in [-0.25, -0.2) is 0 Å². The van der Waals surface area contributed by atoms with Gasteiger partial charge in [0.2, 0.25) is 0 Å². The molecule has 0 bridgehead atoms. The number of ketones is 1. The van der Waals surface area contributed by atoms with Crippen LogP contribution in [0.15, 0.2) is 12.1 Å². The van der Waals surface area contributed by atoms with Crippen molar-refractivity contribution < 1.29 is 19.8 Å². The summed E-state index contributed by atoms with van der Waals surface area (Å²) in [5.41, 5.74) is 2.13. The molecular weight excluding hydrogens is 220 g/mol. The van der Waals surface area contributed by atoms with E-state index in [2.05, 4.69) is 0 Å². The molecule has 0 aliphatic heterocycles. The molecule has 0 amide bonds. The van der Waals surface area contributed by atoms with E-state index < -0.39 is 5.97 Å². The van der Waals surface area contributed by atoms with Crippen molar-refractivity contribution in [2.75, 3.05) is 0 Å². The van der Waals surface area contributed by atoms with Crippen LogP contribution in [0.3, 0.4) is 0 Å². The average molecular weight is 234 g/mol. The van der Waals surface area contributed by atoms with E-state index in [0.717, 1.165) is 11.1 Å². The van der Waals surface area contributed by atoms with Gasteiger partial charge in [0.25, 0.3) is 0 Å². The molecule has 4 nitrogen and oxygen atoms in total. The van der Waals surface area contributed by atoms with E-state index in [0.29, 0.717) is 24.8 Å². The summed E-state index contributed by atoms with van der Waals surface area (Å²) in [5.74, 6) is -1.41. The lowest BCUT2D eigenvalue weighted by Gasteiger charge is -2.22. The molecule has 0 spiro atoms. The van der Waals surface area contributed by atoms with E-state index in [-0.39, 0.29) is 17.5 Å². The summed E-state index contributed by atoms with van der Waals surface area (Å²) < 4.78 is 0. The highest BCUT2D eigenvalue weighted by molar-refractivity contribution is 5.97. The minimum atomic E-state index is -0.800. The van der Waals surface area contributed by atoms with Gasteiger partial charge < -0.3 is 10.2 Å². The zero-order valence-corrected chi connectivity index (χ0v) is 9.56. The number of hydrogen-bond acceptors (Lipinski definition) is 3. The van der Waals surface area contributed by atoms with Crippen molar-refractivity contribution >= 4 is 11.8 Å². The summed E-state index contributed by atoms with van der Waals surface area (Å²) in [6.45, 7) is 1.41. The van der Waals surface area contributed by atoms with Crippen LogP contribution in [-0.4, -0.2) is 22.0 Å². The lowest BCUT2D eigenvalue weighted by Crippen LogP contribution is -2.22. The van der Waals surface area contributed by atoms with E-state index >= 15 is 0 Å². The number of carboxylic acids is 1. The first kappa shape index (κ1) is 11.6. The second-order valence-corrected chi connectivity index (χ2v) is 4.47. The van der Waals surface area contributed by atoms with Crippen molar-refractivity contribution in [1.82, 2.24) is 0 Å². The fourth-order valence-electron chi connectivity index (χ4n) is 2.29. The fourth-order valence-corrected chi connectivity index (χ4v) is 2.29. The molecular formula is C13H14O4. The molecule has 0 heterocycles. The van der Waals surface area contributed by atoms with Gasteiger partial charge in [-0.3, -0.25) is 9.59 Å². The molecule has 1 aromatic rings. The van der Waals surface area contributed by atoms with Gasteiger partial charge in [0.15, 0.2) is 5.78 Å². The number of rotatable bonds is 2. The zero-order chi connectivity index (χ0) is 12.6. The molecule has 90 valence electrons. The van der Waals surface area contributed by atoms with E-state index in [9.17, 15) is 14.7 Å². The predicted octanol–water partition coefficient (Wildman–Crippen LogP) is 1.78. The third-order valence-electron chi connectivity index (χ3n) is 3.27. The topological polar surface area (TPSA) is 74.6 Å². The van der Waals surface area contributed by atoms with Gasteiger partial charge in [-0.1, -0.05) is 0 Å². The van der Waals surface area contributed by atoms with Gasteiger partial charge in [-0.2, -0.15) is 0 Å². The number of phenols is 1. The maximum Gasteiger partial charge on any atom is 0.306 e. The number of fused-ring (bicyclic) bond motifs is 1. The molecule has 1 aromatic carbocycles. The molecule has 1 aliphatic rings. The number of aryl methyl sites for hydroxylation is 1. The normalized spacial score (nSPS) is 18.5. The molecule has 0 saturated carbocycles. The zero-order valence-electron chi connectivity index (χ0n) is 9.56. The number of carbonyl (C=O) groups is 2. The highest BCUT2D eigenvalue weighted by atomic mass is 16.4. The lowest BCUT2D eigenvalue weighted by molar-refractivity contribution is -0.142. The van der Waals surface area contributed by atoms with E-state index in [4.69, 9.17) is 5.11 Å². The molecule has 0 aromatic heterocycles. The van der Waals surface area contributed by atoms with Crippen LogP contribution in [0.1, 0.15) is 34.8 Å². The van der Waals surface area contributed by atoms with Crippen LogP contribution in [0.5, 0.6) is 5.75 Å². The largest absolute Gasteiger partial charge is 0.507 e. The Morgan fingerprint density at radius 3 is 2.59 bits per heavy atom. The summed E-state index contributed by atoms with van der Waals surface area (Å²) in [7, 11) is 0. The molecule has 0 radical (unpaired) electrons. The van der Waals surface area contributed by atoms with Crippen molar-refractivity contribution in [3.8, 4) is 5.75 Å². The van der Waals surface area contributed by atoms with Gasteiger partial charge in [0.05, 0.1) is 11.5 Å². The van der Waals surface area contributed by atoms with Crippen LogP contribution in [0.25, 0.3) is 0 Å². The minimum Gasteiger partial charge on any atom is -0.507 e. The van der Waals surface area contributed by atoms with Gasteiger partial charge >= 0.3 is 5.97 Å². The lowest BCUT2D eigenvalue weighted by atomic mass is 9.82. The number of phenolic OH excluding ortho intramolecular Hbond substituents is 1. The van der Waals surface area contributed by atoms with E-state index in [1.165, 1.54) is 13.0 Å². The first-order valence-corrected chi connectivity index (χ1v) is 5.57. The monoisotopic (exact) mass is 234 g/mol. The number of aliphatic carboxylic acids is 1. The Labute approximate surface area is 98.9 Å². The Bertz CT molecular complexity index is 490. The number of hydrogen-bond donors (Lipinski definition) is 2. The Morgan fingerprint density at radius 1 is 1.29 bits per heavy atom. The van der Waals surface area contributed by atoms with Crippen molar-refractivity contribution in [1.29, 1.82) is 0 Å². The van der Waals surface area contributed by atoms with E-state index in [1.54, 1.807) is 6.07 Å². The number of carboxylic acid groups (broad SMARTS) is 1. The molecule has 1 aliphatic carbocycles. The fraction of sp³-hybridized carbons (Fsp3) is 0.385. The third-order valence-corrected chi connectivity index (χ3v) is 3.27. The first-order chi connectivity index (χ1) is 7.99. The number of Topliss-reactive ketones (excluding diaryl/α,β-unsaturated/α-hetero) is 1. The van der Waals surface area contributed by atoms with E-state index in [1.807, 2.05) is 0 Å². The van der Waals surface area contributed by atoms with Crippen molar-refractivity contribution in [3.63, 3.8) is 0 Å². The third kappa shape index (κ3) is 2.16. The molecule has 0 fully saturated rings. The second kappa shape index (κ2) is 4.20. The Kier molecular flexibility index (Phi) is 2.88. The van der Waals surface area contributed by atoms with Crippen LogP contribution >= 0.6 is 0 Å². The summed E-state index contributed by atoms with van der Waals surface area (Å²) in [6.07, 6.45) is 1.66. The second-order valence-electron chi connectivity index (χ2n) is 4.47. The quantitative estimate of drug-likeness (QED) is 0.765. The summed E-state index contributed by atoms with van der Waals surface area (Å²) >= 11 is 0. The Morgan fingerprint density at radius 2 is 2.00 bits per heavy atom. The van der Waals surface area contributed by atoms with Crippen LogP contribution in [0.2, 0.25) is 0 Å². The summed E-state index contributed by atoms with van der Waals surface area (Å²) in [4.78, 5) is 22.2. The van der Waals surface area contributed by atoms with Gasteiger partial charge in [-0.05, 0) is 49.4 Å². The van der Waals surface area contributed by atoms with Crippen molar-refractivity contribution in [2.24, 2.45) is 5.92 Å². The number of benzene rings is 1. The molecule has 1 atom stereocenters. The highest BCUT2D eigenvalue weighted by Gasteiger charge is 2.25. The molecule has 17 heavy (non-hydrogen) atoms. The van der Waals surface area contributed by atoms with Gasteiger partial charge in [-0.15, -0.1) is 0 Å². The highest BCUT2D eigenvalue weighted by Crippen LogP contribution is 2.31. The Hall–Kier alpha value is -1.84. The number of aromatic hydroxyl groups is 1. The Balaban J connectivity index is 2.38. The SMILES string of the molecule is CC(=O)c1cc2c(cc1O)C[C@@H](C(=O)O)CC2. The van der Waals surface area contributed by atoms with Crippen LogP contribution in [0, 0.1) is 5.92 Å². The van der Waals surface area contributed by atoms with Gasteiger partial charge in [0.1, 0.15) is 5.75 Å². The minimum absolute atomic E-state index is 0.0534. The van der Waals surface area contributed by atoms with Crippen molar-refractivity contribution in [3.05, 3.63) is 28.8 Å². The van der Waals surface area contributed by atoms with Crippen LogP contribution in [-0.2, 0) is 17.6 Å². The summed E-state index contributed by atoms with van der Waals surface area (Å²) in [5, 5.41) is 18.7. The molecule has 0 unspecified atom stereocenters. The molecule has 2 rings (SSSR count). The molecule has 2 N–H and O–H groups in total. The van der Waals surface area contributed by atoms with Crippen LogP contribution in [0.4, 0.5) is 0 Å². The van der Waals surface area contributed by atoms with Gasteiger partial charge in [0, 0.05) is 0 Å². The standard InChI is InChI=1S/C13H14O4/c1-7(14)11-5-8-2-3-9(13(16)17)4-10(8)6-12(11)15/h5-6,9,15H,2-4H2,1H3,(H,16,17)/t9-/m0/s1. The molecule has 0 saturated heterocycles. The number of carbonyl (C=O) groups excluding carboxylic acids is 1. The van der Waals surface area contributed by atoms with Crippen LogP contribution < -0.4 is 0 Å². The molecule has 4 heteroatoms. The maximum absolute atomic E-state index is 11.3. The predicted molar refractivity (Wildman–Crippen MR) is 61.3 cm³/mol. The maximum atomic E-state index is 11.3. The van der Waals surface area contributed by atoms with Crippen molar-refractivity contribution in [2.45, 2.75) is 26.2 Å². The average Bonchev–Trinajstić information content (AvgIpc) is 2.26. The smallest absolute Gasteiger partial charge is 0.306 e.